The smallest absolute Gasteiger partial charge is 0.176 e. The first-order valence-electron chi connectivity index (χ1n) is 6.15. The van der Waals surface area contributed by atoms with E-state index in [4.69, 9.17) is 0 Å². The topological polar surface area (TPSA) is 17.1 Å². The number of aryl methyl sites for hydroxylation is 2. The summed E-state index contributed by atoms with van der Waals surface area (Å²) in [7, 11) is 0. The van der Waals surface area contributed by atoms with E-state index in [1.165, 1.54) is 30.0 Å². The third-order valence-electron chi connectivity index (χ3n) is 2.88. The highest BCUT2D eigenvalue weighted by molar-refractivity contribution is 8.00. The molecule has 0 heterocycles. The van der Waals surface area contributed by atoms with E-state index >= 15 is 0 Å². The Labute approximate surface area is 121 Å². The third kappa shape index (κ3) is 3.45. The number of ketones is 1. The van der Waals surface area contributed by atoms with Crippen LogP contribution in [0.25, 0.3) is 0 Å². The standard InChI is InChI=1S/C16H14F2OS/c1-10-6-11(2)16(14(18)7-10)15(19)9-20-13-5-3-4-12(17)8-13/h3-8H,9H2,1-2H3. The second-order valence-electron chi connectivity index (χ2n) is 4.61. The van der Waals surface area contributed by atoms with Crippen molar-refractivity contribution in [1.82, 2.24) is 0 Å². The van der Waals surface area contributed by atoms with Gasteiger partial charge in [-0.15, -0.1) is 11.8 Å². The van der Waals surface area contributed by atoms with E-state index in [9.17, 15) is 13.6 Å². The number of carbonyl (C=O) groups excluding carboxylic acids is 1. The number of rotatable bonds is 4. The predicted octanol–water partition coefficient (Wildman–Crippen LogP) is 4.56. The van der Waals surface area contributed by atoms with Crippen molar-refractivity contribution < 1.29 is 13.6 Å². The Morgan fingerprint density at radius 3 is 2.55 bits per heavy atom. The van der Waals surface area contributed by atoms with Gasteiger partial charge in [-0.05, 0) is 49.2 Å². The first-order valence-corrected chi connectivity index (χ1v) is 7.14. The lowest BCUT2D eigenvalue weighted by Crippen LogP contribution is -2.08. The van der Waals surface area contributed by atoms with Gasteiger partial charge in [-0.2, -0.15) is 0 Å². The molecule has 0 fully saturated rings. The molecule has 0 radical (unpaired) electrons. The van der Waals surface area contributed by atoms with Crippen LogP contribution in [0.4, 0.5) is 8.78 Å². The second kappa shape index (κ2) is 6.18. The summed E-state index contributed by atoms with van der Waals surface area (Å²) in [6.45, 7) is 3.50. The summed E-state index contributed by atoms with van der Waals surface area (Å²) in [6, 6.07) is 9.14. The molecule has 0 spiro atoms. The molecule has 0 saturated heterocycles. The number of hydrogen-bond acceptors (Lipinski definition) is 2. The van der Waals surface area contributed by atoms with E-state index in [-0.39, 0.29) is 22.9 Å². The van der Waals surface area contributed by atoms with E-state index in [0.29, 0.717) is 10.5 Å². The van der Waals surface area contributed by atoms with Gasteiger partial charge in [0.25, 0.3) is 0 Å². The number of Topliss-reactive ketones (excluding diaryl/α,β-unsaturated/α-hetero) is 1. The molecule has 1 nitrogen and oxygen atoms in total. The van der Waals surface area contributed by atoms with Crippen LogP contribution in [-0.4, -0.2) is 11.5 Å². The van der Waals surface area contributed by atoms with Crippen LogP contribution in [0.15, 0.2) is 41.3 Å². The molecule has 0 bridgehead atoms. The molecular weight excluding hydrogens is 278 g/mol. The minimum Gasteiger partial charge on any atom is -0.293 e. The normalized spacial score (nSPS) is 10.6. The van der Waals surface area contributed by atoms with Crippen LogP contribution in [-0.2, 0) is 0 Å². The zero-order valence-corrected chi connectivity index (χ0v) is 12.1. The highest BCUT2D eigenvalue weighted by atomic mass is 32.2. The Morgan fingerprint density at radius 1 is 1.15 bits per heavy atom. The van der Waals surface area contributed by atoms with Crippen molar-refractivity contribution in [2.24, 2.45) is 0 Å². The van der Waals surface area contributed by atoms with E-state index in [1.807, 2.05) is 0 Å². The van der Waals surface area contributed by atoms with Gasteiger partial charge in [0, 0.05) is 4.90 Å². The number of benzene rings is 2. The van der Waals surface area contributed by atoms with Crippen molar-refractivity contribution in [2.75, 3.05) is 5.75 Å². The van der Waals surface area contributed by atoms with Gasteiger partial charge in [-0.25, -0.2) is 8.78 Å². The fourth-order valence-corrected chi connectivity index (χ4v) is 2.86. The highest BCUT2D eigenvalue weighted by Crippen LogP contribution is 2.22. The summed E-state index contributed by atoms with van der Waals surface area (Å²) < 4.78 is 26.9. The summed E-state index contributed by atoms with van der Waals surface area (Å²) in [4.78, 5) is 12.8. The summed E-state index contributed by atoms with van der Waals surface area (Å²) in [5.41, 5.74) is 1.54. The highest BCUT2D eigenvalue weighted by Gasteiger charge is 2.15. The van der Waals surface area contributed by atoms with Gasteiger partial charge in [0.1, 0.15) is 11.6 Å². The molecular formula is C16H14F2OS. The molecule has 0 N–H and O–H groups in total. The van der Waals surface area contributed by atoms with Gasteiger partial charge in [0.2, 0.25) is 0 Å². The lowest BCUT2D eigenvalue weighted by molar-refractivity contribution is 0.101. The van der Waals surface area contributed by atoms with Crippen LogP contribution in [0.5, 0.6) is 0 Å². The van der Waals surface area contributed by atoms with Crippen LogP contribution in [0, 0.1) is 25.5 Å². The van der Waals surface area contributed by atoms with Gasteiger partial charge < -0.3 is 0 Å². The number of hydrogen-bond donors (Lipinski definition) is 0. The zero-order chi connectivity index (χ0) is 14.7. The van der Waals surface area contributed by atoms with Crippen LogP contribution in [0.3, 0.4) is 0 Å². The molecule has 0 saturated carbocycles. The van der Waals surface area contributed by atoms with Crippen molar-refractivity contribution in [3.05, 3.63) is 64.7 Å². The van der Waals surface area contributed by atoms with E-state index in [0.717, 1.165) is 5.56 Å². The molecule has 4 heteroatoms. The molecule has 0 aliphatic rings. The summed E-state index contributed by atoms with van der Waals surface area (Å²) >= 11 is 1.20. The minimum absolute atomic E-state index is 0.0876. The maximum Gasteiger partial charge on any atom is 0.176 e. The zero-order valence-electron chi connectivity index (χ0n) is 11.2. The summed E-state index contributed by atoms with van der Waals surface area (Å²) in [5, 5.41) is 0. The molecule has 0 aliphatic carbocycles. The van der Waals surface area contributed by atoms with Gasteiger partial charge in [-0.3, -0.25) is 4.79 Å². The Bertz CT molecular complexity index is 630. The van der Waals surface area contributed by atoms with Gasteiger partial charge in [0.15, 0.2) is 5.78 Å². The Kier molecular flexibility index (Phi) is 4.55. The Balaban J connectivity index is 2.13. The molecule has 0 aliphatic heterocycles. The lowest BCUT2D eigenvalue weighted by Gasteiger charge is -2.08. The predicted molar refractivity (Wildman–Crippen MR) is 77.3 cm³/mol. The maximum absolute atomic E-state index is 13.9. The minimum atomic E-state index is -0.493. The fourth-order valence-electron chi connectivity index (χ4n) is 2.05. The van der Waals surface area contributed by atoms with Crippen LogP contribution < -0.4 is 0 Å². The molecule has 0 unspecified atom stereocenters. The molecule has 2 rings (SSSR count). The van der Waals surface area contributed by atoms with Crippen molar-refractivity contribution in [2.45, 2.75) is 18.7 Å². The van der Waals surface area contributed by atoms with E-state index in [2.05, 4.69) is 0 Å². The first kappa shape index (κ1) is 14.7. The summed E-state index contributed by atoms with van der Waals surface area (Å²) in [6.07, 6.45) is 0. The molecule has 104 valence electrons. The third-order valence-corrected chi connectivity index (χ3v) is 3.87. The number of carbonyl (C=O) groups is 1. The van der Waals surface area contributed by atoms with Gasteiger partial charge in [0.05, 0.1) is 11.3 Å². The average molecular weight is 292 g/mol. The second-order valence-corrected chi connectivity index (χ2v) is 5.66. The van der Waals surface area contributed by atoms with Crippen LogP contribution in [0.1, 0.15) is 21.5 Å². The molecule has 20 heavy (non-hydrogen) atoms. The quantitative estimate of drug-likeness (QED) is 0.607. The summed E-state index contributed by atoms with van der Waals surface area (Å²) in [5.74, 6) is -1.04. The van der Waals surface area contributed by atoms with E-state index in [1.54, 1.807) is 32.0 Å². The Hall–Kier alpha value is -1.68. The molecule has 0 aromatic heterocycles. The van der Waals surface area contributed by atoms with Crippen molar-refractivity contribution >= 4 is 17.5 Å². The molecule has 2 aromatic rings. The molecule has 2 aromatic carbocycles. The van der Waals surface area contributed by atoms with Crippen molar-refractivity contribution in [3.8, 4) is 0 Å². The average Bonchev–Trinajstić information content (AvgIpc) is 2.35. The Morgan fingerprint density at radius 2 is 1.90 bits per heavy atom. The monoisotopic (exact) mass is 292 g/mol. The number of thioether (sulfide) groups is 1. The fraction of sp³-hybridized carbons (Fsp3) is 0.188. The SMILES string of the molecule is Cc1cc(C)c(C(=O)CSc2cccc(F)c2)c(F)c1. The lowest BCUT2D eigenvalue weighted by atomic mass is 10.0. The van der Waals surface area contributed by atoms with Crippen LogP contribution >= 0.6 is 11.8 Å². The van der Waals surface area contributed by atoms with Crippen molar-refractivity contribution in [3.63, 3.8) is 0 Å². The molecule has 0 atom stereocenters. The van der Waals surface area contributed by atoms with Crippen LogP contribution in [0.2, 0.25) is 0 Å². The maximum atomic E-state index is 13.9. The van der Waals surface area contributed by atoms with E-state index < -0.39 is 5.82 Å². The molecule has 0 amide bonds. The van der Waals surface area contributed by atoms with Gasteiger partial charge in [-0.1, -0.05) is 12.1 Å². The largest absolute Gasteiger partial charge is 0.293 e. The van der Waals surface area contributed by atoms with Crippen molar-refractivity contribution in [1.29, 1.82) is 0 Å². The number of halogens is 2. The first-order chi connectivity index (χ1) is 9.47. The van der Waals surface area contributed by atoms with Gasteiger partial charge >= 0.3 is 0 Å².